The molecule has 3 rings (SSSR count). The van der Waals surface area contributed by atoms with Crippen molar-refractivity contribution in [2.75, 3.05) is 19.0 Å². The molecule has 1 fully saturated rings. The van der Waals surface area contributed by atoms with Gasteiger partial charge in [0.15, 0.2) is 11.5 Å². The summed E-state index contributed by atoms with van der Waals surface area (Å²) in [4.78, 5) is 38.0. The minimum absolute atomic E-state index is 0.0548. The third-order valence-corrected chi connectivity index (χ3v) is 5.14. The summed E-state index contributed by atoms with van der Waals surface area (Å²) in [5.41, 5.74) is 0.344. The van der Waals surface area contributed by atoms with E-state index in [0.717, 1.165) is 17.0 Å². The molecule has 2 aromatic carbocycles. The van der Waals surface area contributed by atoms with Gasteiger partial charge in [-0.05, 0) is 61.5 Å². The predicted molar refractivity (Wildman–Crippen MR) is 116 cm³/mol. The Labute approximate surface area is 187 Å². The normalized spacial score (nSPS) is 14.9. The number of imide groups is 1. The zero-order valence-electron chi connectivity index (χ0n) is 17.5. The van der Waals surface area contributed by atoms with Crippen LogP contribution in [0.2, 0.25) is 0 Å². The van der Waals surface area contributed by atoms with Crippen LogP contribution in [0.5, 0.6) is 11.5 Å². The quantitative estimate of drug-likeness (QED) is 0.613. The average molecular weight is 462 g/mol. The van der Waals surface area contributed by atoms with Crippen LogP contribution >= 0.6 is 11.8 Å². The molecule has 0 aliphatic carbocycles. The van der Waals surface area contributed by atoms with Crippen LogP contribution in [0.3, 0.4) is 0 Å². The summed E-state index contributed by atoms with van der Waals surface area (Å²) in [6, 6.07) is 7.71. The van der Waals surface area contributed by atoms with Crippen LogP contribution in [0.25, 0.3) is 6.08 Å². The number of carbonyl (C=O) groups is 3. The molecule has 1 saturated heterocycles. The van der Waals surface area contributed by atoms with Crippen molar-refractivity contribution in [3.63, 3.8) is 0 Å². The summed E-state index contributed by atoms with van der Waals surface area (Å²) in [6.45, 7) is 3.15. The molecule has 0 aromatic heterocycles. The maximum atomic E-state index is 13.7. The summed E-state index contributed by atoms with van der Waals surface area (Å²) in [5.74, 6) is -2.21. The predicted octanol–water partition coefficient (Wildman–Crippen LogP) is 4.44. The Morgan fingerprint density at radius 3 is 2.56 bits per heavy atom. The molecule has 2 aromatic rings. The Morgan fingerprint density at radius 2 is 1.91 bits per heavy atom. The maximum Gasteiger partial charge on any atom is 0.294 e. The first kappa shape index (κ1) is 23.3. The topological polar surface area (TPSA) is 84.9 Å². The molecule has 1 heterocycles. The lowest BCUT2D eigenvalue weighted by Gasteiger charge is -2.14. The van der Waals surface area contributed by atoms with Crippen molar-refractivity contribution >= 4 is 40.6 Å². The number of anilines is 1. The summed E-state index contributed by atoms with van der Waals surface area (Å²) >= 11 is 0.681. The smallest absolute Gasteiger partial charge is 0.294 e. The Morgan fingerprint density at radius 1 is 1.16 bits per heavy atom. The van der Waals surface area contributed by atoms with Gasteiger partial charge >= 0.3 is 0 Å². The number of carbonyl (C=O) groups excluding carboxylic acids is 3. The fourth-order valence-electron chi connectivity index (χ4n) is 2.84. The molecule has 168 valence electrons. The number of rotatable bonds is 7. The van der Waals surface area contributed by atoms with Crippen LogP contribution < -0.4 is 14.8 Å². The minimum atomic E-state index is -0.966. The number of nitrogens with zero attached hydrogens (tertiary/aromatic N) is 1. The lowest BCUT2D eigenvalue weighted by molar-refractivity contribution is -0.127. The number of nitrogens with one attached hydrogen (secondary N) is 1. The largest absolute Gasteiger partial charge is 0.493 e. The van der Waals surface area contributed by atoms with Gasteiger partial charge in [-0.15, -0.1) is 0 Å². The number of ether oxygens (including phenoxy) is 2. The molecule has 7 nitrogen and oxygen atoms in total. The third kappa shape index (κ3) is 5.44. The summed E-state index contributed by atoms with van der Waals surface area (Å²) in [6.07, 6.45) is 1.45. The molecule has 0 unspecified atom stereocenters. The van der Waals surface area contributed by atoms with E-state index in [4.69, 9.17) is 9.47 Å². The molecule has 0 radical (unpaired) electrons. The van der Waals surface area contributed by atoms with Crippen LogP contribution in [-0.2, 0) is 9.59 Å². The highest BCUT2D eigenvalue weighted by Gasteiger charge is 2.36. The molecule has 0 saturated carbocycles. The van der Waals surface area contributed by atoms with Gasteiger partial charge in [0, 0.05) is 6.07 Å². The van der Waals surface area contributed by atoms with Crippen LogP contribution in [0.1, 0.15) is 19.4 Å². The zero-order chi connectivity index (χ0) is 23.4. The Kier molecular flexibility index (Phi) is 7.14. The molecule has 1 aliphatic rings. The van der Waals surface area contributed by atoms with Gasteiger partial charge in [-0.3, -0.25) is 19.3 Å². The lowest BCUT2D eigenvalue weighted by atomic mass is 10.2. The Balaban J connectivity index is 1.72. The van der Waals surface area contributed by atoms with Gasteiger partial charge in [-0.25, -0.2) is 8.78 Å². The standard InChI is InChI=1S/C22H20F2N2O5S/c1-12(2)31-17-7-4-13(8-18(17)30-3)9-19-21(28)26(22(29)32-19)11-20(27)25-16-6-5-14(23)10-15(16)24/h4-10,12H,11H2,1-3H3,(H,25,27)/b19-9-. The number of hydrogen-bond donors (Lipinski definition) is 1. The first-order chi connectivity index (χ1) is 15.2. The van der Waals surface area contributed by atoms with Gasteiger partial charge in [0.2, 0.25) is 5.91 Å². The van der Waals surface area contributed by atoms with Gasteiger partial charge in [-0.1, -0.05) is 6.07 Å². The Hall–Kier alpha value is -3.40. The number of thioether (sulfide) groups is 1. The van der Waals surface area contributed by atoms with E-state index in [2.05, 4.69) is 5.32 Å². The van der Waals surface area contributed by atoms with Crippen molar-refractivity contribution in [3.8, 4) is 11.5 Å². The van der Waals surface area contributed by atoms with E-state index in [1.54, 1.807) is 18.2 Å². The molecule has 10 heteroatoms. The molecule has 1 aliphatic heterocycles. The van der Waals surface area contributed by atoms with Gasteiger partial charge in [0.1, 0.15) is 18.2 Å². The van der Waals surface area contributed by atoms with Gasteiger partial charge < -0.3 is 14.8 Å². The number of methoxy groups -OCH3 is 1. The van der Waals surface area contributed by atoms with Gasteiger partial charge in [-0.2, -0.15) is 0 Å². The highest BCUT2D eigenvalue weighted by Crippen LogP contribution is 2.34. The monoisotopic (exact) mass is 462 g/mol. The molecule has 0 spiro atoms. The molecular weight excluding hydrogens is 442 g/mol. The number of hydrogen-bond acceptors (Lipinski definition) is 6. The number of halogens is 2. The van der Waals surface area contributed by atoms with E-state index < -0.39 is 35.2 Å². The summed E-state index contributed by atoms with van der Waals surface area (Å²) in [5, 5.41) is 1.58. The fourth-order valence-corrected chi connectivity index (χ4v) is 3.68. The molecule has 1 N–H and O–H groups in total. The van der Waals surface area contributed by atoms with Crippen molar-refractivity contribution in [2.45, 2.75) is 20.0 Å². The second-order valence-corrected chi connectivity index (χ2v) is 8.01. The zero-order valence-corrected chi connectivity index (χ0v) is 18.3. The minimum Gasteiger partial charge on any atom is -0.493 e. The first-order valence-corrected chi connectivity index (χ1v) is 10.3. The molecule has 0 atom stereocenters. The van der Waals surface area contributed by atoms with E-state index in [-0.39, 0.29) is 16.7 Å². The van der Waals surface area contributed by atoms with E-state index in [9.17, 15) is 23.2 Å². The van der Waals surface area contributed by atoms with Gasteiger partial charge in [0.25, 0.3) is 11.1 Å². The van der Waals surface area contributed by atoms with Crippen molar-refractivity contribution in [3.05, 3.63) is 58.5 Å². The van der Waals surface area contributed by atoms with E-state index in [1.807, 2.05) is 13.8 Å². The molecule has 3 amide bonds. The fraction of sp³-hybridized carbons (Fsp3) is 0.227. The van der Waals surface area contributed by atoms with Crippen molar-refractivity contribution in [1.29, 1.82) is 0 Å². The average Bonchev–Trinajstić information content (AvgIpc) is 2.98. The first-order valence-electron chi connectivity index (χ1n) is 9.53. The van der Waals surface area contributed by atoms with E-state index >= 15 is 0 Å². The SMILES string of the molecule is COc1cc(/C=C2\SC(=O)N(CC(=O)Nc3ccc(F)cc3F)C2=O)ccc1OC(C)C. The van der Waals surface area contributed by atoms with Crippen molar-refractivity contribution in [1.82, 2.24) is 4.90 Å². The van der Waals surface area contributed by atoms with Crippen LogP contribution in [0, 0.1) is 11.6 Å². The van der Waals surface area contributed by atoms with Gasteiger partial charge in [0.05, 0.1) is 23.8 Å². The second kappa shape index (κ2) is 9.82. The highest BCUT2D eigenvalue weighted by molar-refractivity contribution is 8.18. The summed E-state index contributed by atoms with van der Waals surface area (Å²) in [7, 11) is 1.49. The molecular formula is C22H20F2N2O5S. The maximum absolute atomic E-state index is 13.7. The number of benzene rings is 2. The lowest BCUT2D eigenvalue weighted by Crippen LogP contribution is -2.36. The molecule has 0 bridgehead atoms. The molecule has 32 heavy (non-hydrogen) atoms. The van der Waals surface area contributed by atoms with Crippen LogP contribution in [-0.4, -0.2) is 41.7 Å². The van der Waals surface area contributed by atoms with E-state index in [0.29, 0.717) is 34.9 Å². The van der Waals surface area contributed by atoms with Crippen LogP contribution in [0.4, 0.5) is 19.3 Å². The summed E-state index contributed by atoms with van der Waals surface area (Å²) < 4.78 is 37.7. The number of amides is 3. The van der Waals surface area contributed by atoms with Crippen molar-refractivity contribution in [2.24, 2.45) is 0 Å². The third-order valence-electron chi connectivity index (χ3n) is 4.23. The van der Waals surface area contributed by atoms with Crippen molar-refractivity contribution < 1.29 is 32.6 Å². The van der Waals surface area contributed by atoms with Crippen LogP contribution in [0.15, 0.2) is 41.3 Å². The van der Waals surface area contributed by atoms with E-state index in [1.165, 1.54) is 13.2 Å². The highest BCUT2D eigenvalue weighted by atomic mass is 32.2. The Bertz CT molecular complexity index is 1100. The second-order valence-electron chi connectivity index (χ2n) is 7.02.